The summed E-state index contributed by atoms with van der Waals surface area (Å²) in [7, 11) is 0. The van der Waals surface area contributed by atoms with Crippen LogP contribution in [0, 0.1) is 12.8 Å². The van der Waals surface area contributed by atoms with Gasteiger partial charge in [-0.25, -0.2) is 9.97 Å². The quantitative estimate of drug-likeness (QED) is 0.439. The fourth-order valence-electron chi connectivity index (χ4n) is 1.47. The Kier molecular flexibility index (Phi) is 7.21. The molecule has 0 aliphatic carbocycles. The smallest absolute Gasteiger partial charge is 0.187 e. The first-order valence-electron chi connectivity index (χ1n) is 6.31. The van der Waals surface area contributed by atoms with Gasteiger partial charge in [-0.05, 0) is 38.3 Å². The van der Waals surface area contributed by atoms with Crippen molar-refractivity contribution in [1.82, 2.24) is 15.3 Å². The lowest BCUT2D eigenvalue weighted by molar-refractivity contribution is 0.534. The zero-order valence-electron chi connectivity index (χ0n) is 11.1. The molecule has 1 N–H and O–H groups in total. The lowest BCUT2D eigenvalue weighted by Crippen LogP contribution is -2.18. The fraction of sp³-hybridized carbons (Fsp3) is 0.692. The number of rotatable bonds is 8. The number of nitrogens with zero attached hydrogens (tertiary/aromatic N) is 2. The Morgan fingerprint density at radius 3 is 2.88 bits per heavy atom. The number of hydrogen-bond donors (Lipinski definition) is 1. The third-order valence-electron chi connectivity index (χ3n) is 2.42. The molecule has 0 bridgehead atoms. The minimum Gasteiger partial charge on any atom is -0.316 e. The third-order valence-corrected chi connectivity index (χ3v) is 3.28. The maximum absolute atomic E-state index is 4.35. The molecule has 17 heavy (non-hydrogen) atoms. The van der Waals surface area contributed by atoms with Crippen molar-refractivity contribution in [1.29, 1.82) is 0 Å². The molecule has 0 saturated carbocycles. The summed E-state index contributed by atoms with van der Waals surface area (Å²) in [4.78, 5) is 8.58. The van der Waals surface area contributed by atoms with Gasteiger partial charge in [-0.1, -0.05) is 25.6 Å². The van der Waals surface area contributed by atoms with Gasteiger partial charge in [-0.15, -0.1) is 0 Å². The van der Waals surface area contributed by atoms with Gasteiger partial charge in [0.15, 0.2) is 5.16 Å². The molecule has 0 unspecified atom stereocenters. The highest BCUT2D eigenvalue weighted by molar-refractivity contribution is 7.99. The Bertz CT molecular complexity index is 315. The van der Waals surface area contributed by atoms with Gasteiger partial charge in [0.05, 0.1) is 0 Å². The number of nitrogens with one attached hydrogen (secondary N) is 1. The molecule has 0 aliphatic heterocycles. The zero-order chi connectivity index (χ0) is 12.5. The van der Waals surface area contributed by atoms with E-state index in [-0.39, 0.29) is 0 Å². The second-order valence-electron chi connectivity index (χ2n) is 4.62. The van der Waals surface area contributed by atoms with Crippen LogP contribution in [0.3, 0.4) is 0 Å². The number of aromatic nitrogens is 2. The second-order valence-corrected chi connectivity index (χ2v) is 5.68. The summed E-state index contributed by atoms with van der Waals surface area (Å²) >= 11 is 1.71. The fourth-order valence-corrected chi connectivity index (χ4v) is 2.24. The molecule has 1 aromatic rings. The summed E-state index contributed by atoms with van der Waals surface area (Å²) in [5, 5.41) is 4.33. The highest BCUT2D eigenvalue weighted by atomic mass is 32.2. The van der Waals surface area contributed by atoms with Crippen LogP contribution in [-0.2, 0) is 0 Å². The average Bonchev–Trinajstić information content (AvgIpc) is 2.27. The van der Waals surface area contributed by atoms with Crippen LogP contribution in [0.25, 0.3) is 0 Å². The normalized spacial score (nSPS) is 11.1. The Hall–Kier alpha value is -0.610. The first kappa shape index (κ1) is 14.5. The molecular weight excluding hydrogens is 230 g/mol. The monoisotopic (exact) mass is 253 g/mol. The Labute approximate surface area is 109 Å². The maximum atomic E-state index is 4.35. The van der Waals surface area contributed by atoms with Crippen LogP contribution in [0.1, 0.15) is 32.4 Å². The van der Waals surface area contributed by atoms with Crippen molar-refractivity contribution in [3.05, 3.63) is 18.0 Å². The van der Waals surface area contributed by atoms with Crippen LogP contribution in [-0.4, -0.2) is 28.8 Å². The molecule has 0 aromatic carbocycles. The lowest BCUT2D eigenvalue weighted by atomic mass is 10.1. The van der Waals surface area contributed by atoms with Gasteiger partial charge in [0.1, 0.15) is 0 Å². The lowest BCUT2D eigenvalue weighted by Gasteiger charge is -2.06. The van der Waals surface area contributed by atoms with Crippen LogP contribution in [0.2, 0.25) is 0 Å². The minimum absolute atomic E-state index is 0.812. The summed E-state index contributed by atoms with van der Waals surface area (Å²) in [6, 6.07) is 1.92. The molecule has 0 radical (unpaired) electrons. The van der Waals surface area contributed by atoms with E-state index in [1.54, 1.807) is 11.8 Å². The SMILES string of the molecule is Cc1ccnc(SCCNCCCC(C)C)n1. The van der Waals surface area contributed by atoms with Crippen molar-refractivity contribution in [2.24, 2.45) is 5.92 Å². The van der Waals surface area contributed by atoms with E-state index in [9.17, 15) is 0 Å². The summed E-state index contributed by atoms with van der Waals surface area (Å²) in [5.74, 6) is 1.84. The molecule has 1 aromatic heterocycles. The summed E-state index contributed by atoms with van der Waals surface area (Å²) in [5.41, 5.74) is 1.03. The van der Waals surface area contributed by atoms with Gasteiger partial charge in [0.2, 0.25) is 0 Å². The molecule has 0 saturated heterocycles. The second kappa shape index (κ2) is 8.48. The maximum Gasteiger partial charge on any atom is 0.187 e. The van der Waals surface area contributed by atoms with E-state index in [1.807, 2.05) is 19.2 Å². The third kappa shape index (κ3) is 7.34. The predicted octanol–water partition coefficient (Wildman–Crippen LogP) is 2.90. The van der Waals surface area contributed by atoms with E-state index in [4.69, 9.17) is 0 Å². The molecule has 1 rings (SSSR count). The van der Waals surface area contributed by atoms with Gasteiger partial charge in [0, 0.05) is 24.2 Å². The number of thioether (sulfide) groups is 1. The highest BCUT2D eigenvalue weighted by Gasteiger charge is 1.97. The van der Waals surface area contributed by atoms with Crippen molar-refractivity contribution < 1.29 is 0 Å². The standard InChI is InChI=1S/C13H23N3S/c1-11(2)5-4-7-14-9-10-17-13-15-8-6-12(3)16-13/h6,8,11,14H,4-5,7,9-10H2,1-3H3. The van der Waals surface area contributed by atoms with Crippen LogP contribution in [0.4, 0.5) is 0 Å². The van der Waals surface area contributed by atoms with Gasteiger partial charge in [-0.3, -0.25) is 0 Å². The molecule has 3 nitrogen and oxygen atoms in total. The highest BCUT2D eigenvalue weighted by Crippen LogP contribution is 2.10. The van der Waals surface area contributed by atoms with Crippen LogP contribution < -0.4 is 5.32 Å². The number of hydrogen-bond acceptors (Lipinski definition) is 4. The van der Waals surface area contributed by atoms with E-state index in [0.29, 0.717) is 0 Å². The molecule has 4 heteroatoms. The van der Waals surface area contributed by atoms with Gasteiger partial charge in [-0.2, -0.15) is 0 Å². The van der Waals surface area contributed by atoms with Gasteiger partial charge >= 0.3 is 0 Å². The molecule has 0 aliphatic rings. The van der Waals surface area contributed by atoms with Crippen molar-refractivity contribution in [2.45, 2.75) is 38.8 Å². The van der Waals surface area contributed by atoms with Crippen molar-refractivity contribution >= 4 is 11.8 Å². The molecule has 1 heterocycles. The van der Waals surface area contributed by atoms with E-state index in [1.165, 1.54) is 12.8 Å². The van der Waals surface area contributed by atoms with Crippen molar-refractivity contribution in [2.75, 3.05) is 18.8 Å². The van der Waals surface area contributed by atoms with E-state index < -0.39 is 0 Å². The molecule has 0 fully saturated rings. The van der Waals surface area contributed by atoms with Gasteiger partial charge in [0.25, 0.3) is 0 Å². The molecule has 96 valence electrons. The van der Waals surface area contributed by atoms with Crippen molar-refractivity contribution in [3.63, 3.8) is 0 Å². The zero-order valence-corrected chi connectivity index (χ0v) is 11.9. The molecule has 0 amide bonds. The topological polar surface area (TPSA) is 37.8 Å². The Morgan fingerprint density at radius 2 is 2.18 bits per heavy atom. The predicted molar refractivity (Wildman–Crippen MR) is 74.4 cm³/mol. The number of aryl methyl sites for hydroxylation is 1. The molecular formula is C13H23N3S. The first-order valence-corrected chi connectivity index (χ1v) is 7.30. The van der Waals surface area contributed by atoms with Gasteiger partial charge < -0.3 is 5.32 Å². The average molecular weight is 253 g/mol. The largest absolute Gasteiger partial charge is 0.316 e. The summed E-state index contributed by atoms with van der Waals surface area (Å²) in [6.45, 7) is 8.68. The Balaban J connectivity index is 2.01. The molecule has 0 spiro atoms. The summed E-state index contributed by atoms with van der Waals surface area (Å²) < 4.78 is 0. The van der Waals surface area contributed by atoms with E-state index in [0.717, 1.165) is 35.6 Å². The Morgan fingerprint density at radius 1 is 1.35 bits per heavy atom. The van der Waals surface area contributed by atoms with Crippen LogP contribution >= 0.6 is 11.8 Å². The van der Waals surface area contributed by atoms with E-state index in [2.05, 4.69) is 29.1 Å². The van der Waals surface area contributed by atoms with Crippen LogP contribution in [0.15, 0.2) is 17.4 Å². The minimum atomic E-state index is 0.812. The van der Waals surface area contributed by atoms with Crippen LogP contribution in [0.5, 0.6) is 0 Å². The van der Waals surface area contributed by atoms with Crippen molar-refractivity contribution in [3.8, 4) is 0 Å². The molecule has 0 atom stereocenters. The summed E-state index contributed by atoms with van der Waals surface area (Å²) in [6.07, 6.45) is 4.39. The first-order chi connectivity index (χ1) is 8.18. The van der Waals surface area contributed by atoms with E-state index >= 15 is 0 Å².